The number of fused-ring (bicyclic) bond motifs is 1. The van der Waals surface area contributed by atoms with Gasteiger partial charge in [0.1, 0.15) is 11.2 Å². The van der Waals surface area contributed by atoms with Crippen molar-refractivity contribution in [3.05, 3.63) is 58.6 Å². The van der Waals surface area contributed by atoms with Crippen LogP contribution in [0.25, 0.3) is 10.9 Å². The second kappa shape index (κ2) is 9.76. The normalized spacial score (nSPS) is 16.3. The van der Waals surface area contributed by atoms with Gasteiger partial charge in [-0.2, -0.15) is 0 Å². The van der Waals surface area contributed by atoms with E-state index in [1.54, 1.807) is 24.3 Å². The molecule has 0 saturated carbocycles. The number of amides is 1. The standard InChI is InChI=1S/C23H27N5O4/c1-26-13-6-10-20(26)23(31)27-14-5-4-7-17(27)12-16-32-21(29)11-15-28-22(30)18-8-2-3-9-19(18)24-25-28/h2-3,6,8-10,13,17H,4-5,7,11-12,14-16H2,1H3. The number of rotatable bonds is 7. The summed E-state index contributed by atoms with van der Waals surface area (Å²) in [7, 11) is 1.86. The van der Waals surface area contributed by atoms with Crippen molar-refractivity contribution in [3.8, 4) is 0 Å². The van der Waals surface area contributed by atoms with Crippen LogP contribution in [0.15, 0.2) is 47.4 Å². The maximum Gasteiger partial charge on any atom is 0.307 e. The number of piperidine rings is 1. The van der Waals surface area contributed by atoms with Crippen LogP contribution in [-0.2, 0) is 23.1 Å². The molecule has 168 valence electrons. The van der Waals surface area contributed by atoms with Crippen molar-refractivity contribution >= 4 is 22.8 Å². The Morgan fingerprint density at radius 3 is 2.81 bits per heavy atom. The lowest BCUT2D eigenvalue weighted by Gasteiger charge is -2.35. The number of aromatic nitrogens is 4. The Morgan fingerprint density at radius 2 is 2.00 bits per heavy atom. The van der Waals surface area contributed by atoms with Crippen molar-refractivity contribution < 1.29 is 14.3 Å². The molecule has 4 rings (SSSR count). The van der Waals surface area contributed by atoms with E-state index in [1.165, 1.54) is 4.68 Å². The average molecular weight is 438 g/mol. The van der Waals surface area contributed by atoms with E-state index in [0.29, 0.717) is 29.6 Å². The lowest BCUT2D eigenvalue weighted by atomic mass is 9.99. The first-order valence-electron chi connectivity index (χ1n) is 10.9. The van der Waals surface area contributed by atoms with Crippen molar-refractivity contribution in [2.45, 2.75) is 44.7 Å². The summed E-state index contributed by atoms with van der Waals surface area (Å²) in [5.41, 5.74) is 0.912. The van der Waals surface area contributed by atoms with E-state index >= 15 is 0 Å². The lowest BCUT2D eigenvalue weighted by molar-refractivity contribution is -0.144. The van der Waals surface area contributed by atoms with Gasteiger partial charge in [-0.25, -0.2) is 4.68 Å². The summed E-state index contributed by atoms with van der Waals surface area (Å²) in [6, 6.07) is 10.7. The third-order valence-corrected chi connectivity index (χ3v) is 5.92. The maximum atomic E-state index is 12.9. The summed E-state index contributed by atoms with van der Waals surface area (Å²) >= 11 is 0. The van der Waals surface area contributed by atoms with Crippen molar-refractivity contribution in [2.75, 3.05) is 13.2 Å². The second-order valence-electron chi connectivity index (χ2n) is 8.05. The number of carbonyl (C=O) groups is 2. The van der Waals surface area contributed by atoms with E-state index in [9.17, 15) is 14.4 Å². The maximum absolute atomic E-state index is 12.9. The van der Waals surface area contributed by atoms with Gasteiger partial charge in [0.2, 0.25) is 0 Å². The fourth-order valence-electron chi connectivity index (χ4n) is 4.15. The number of nitrogens with zero attached hydrogens (tertiary/aromatic N) is 5. The molecule has 0 bridgehead atoms. The SMILES string of the molecule is Cn1cccc1C(=O)N1CCCCC1CCOC(=O)CCn1nnc2ccccc2c1=O. The number of ether oxygens (including phenoxy) is 1. The van der Waals surface area contributed by atoms with Gasteiger partial charge in [-0.05, 0) is 43.5 Å². The van der Waals surface area contributed by atoms with Crippen LogP contribution in [0.4, 0.5) is 0 Å². The molecule has 1 aromatic carbocycles. The summed E-state index contributed by atoms with van der Waals surface area (Å²) in [6.07, 6.45) is 5.42. The molecule has 1 aliphatic heterocycles. The van der Waals surface area contributed by atoms with Gasteiger partial charge in [0.25, 0.3) is 11.5 Å². The number of likely N-dealkylation sites (tertiary alicyclic amines) is 1. The van der Waals surface area contributed by atoms with E-state index < -0.39 is 5.97 Å². The van der Waals surface area contributed by atoms with Crippen molar-refractivity contribution in [2.24, 2.45) is 7.05 Å². The van der Waals surface area contributed by atoms with E-state index in [4.69, 9.17) is 4.74 Å². The van der Waals surface area contributed by atoms with E-state index in [0.717, 1.165) is 19.3 Å². The Morgan fingerprint density at radius 1 is 1.16 bits per heavy atom. The summed E-state index contributed by atoms with van der Waals surface area (Å²) in [5, 5.41) is 8.38. The highest BCUT2D eigenvalue weighted by Crippen LogP contribution is 2.22. The highest BCUT2D eigenvalue weighted by molar-refractivity contribution is 5.93. The fourth-order valence-corrected chi connectivity index (χ4v) is 4.15. The monoisotopic (exact) mass is 437 g/mol. The van der Waals surface area contributed by atoms with Gasteiger partial charge < -0.3 is 14.2 Å². The molecule has 1 saturated heterocycles. The highest BCUT2D eigenvalue weighted by atomic mass is 16.5. The summed E-state index contributed by atoms with van der Waals surface area (Å²) in [5.74, 6) is -0.384. The van der Waals surface area contributed by atoms with Gasteiger partial charge in [-0.1, -0.05) is 17.3 Å². The average Bonchev–Trinajstić information content (AvgIpc) is 3.24. The molecule has 1 amide bonds. The van der Waals surface area contributed by atoms with E-state index in [-0.39, 0.29) is 37.1 Å². The van der Waals surface area contributed by atoms with Crippen molar-refractivity contribution in [3.63, 3.8) is 0 Å². The van der Waals surface area contributed by atoms with Crippen molar-refractivity contribution in [1.82, 2.24) is 24.5 Å². The Kier molecular flexibility index (Phi) is 6.63. The fraction of sp³-hybridized carbons (Fsp3) is 0.435. The van der Waals surface area contributed by atoms with Crippen LogP contribution in [0.1, 0.15) is 42.6 Å². The molecule has 3 heterocycles. The molecule has 0 radical (unpaired) electrons. The van der Waals surface area contributed by atoms with Crippen LogP contribution in [0.3, 0.4) is 0 Å². The Bertz CT molecular complexity index is 1170. The van der Waals surface area contributed by atoms with Crippen LogP contribution in [-0.4, -0.2) is 55.5 Å². The largest absolute Gasteiger partial charge is 0.466 e. The Balaban J connectivity index is 1.28. The molecule has 0 spiro atoms. The zero-order valence-electron chi connectivity index (χ0n) is 18.1. The zero-order chi connectivity index (χ0) is 22.5. The smallest absolute Gasteiger partial charge is 0.307 e. The van der Waals surface area contributed by atoms with Gasteiger partial charge in [0, 0.05) is 32.3 Å². The highest BCUT2D eigenvalue weighted by Gasteiger charge is 2.28. The lowest BCUT2D eigenvalue weighted by Crippen LogP contribution is -2.44. The van der Waals surface area contributed by atoms with E-state index in [2.05, 4.69) is 10.3 Å². The molecule has 32 heavy (non-hydrogen) atoms. The molecule has 9 heteroatoms. The molecule has 0 N–H and O–H groups in total. The summed E-state index contributed by atoms with van der Waals surface area (Å²) < 4.78 is 8.40. The molecule has 1 atom stereocenters. The van der Waals surface area contributed by atoms with Crippen LogP contribution in [0, 0.1) is 0 Å². The van der Waals surface area contributed by atoms with Crippen molar-refractivity contribution in [1.29, 1.82) is 0 Å². The van der Waals surface area contributed by atoms with Crippen LogP contribution < -0.4 is 5.56 Å². The minimum Gasteiger partial charge on any atom is -0.466 e. The Labute approximate surface area is 185 Å². The quantitative estimate of drug-likeness (QED) is 0.525. The number of benzene rings is 1. The van der Waals surface area contributed by atoms with Gasteiger partial charge in [0.05, 0.1) is 25.0 Å². The summed E-state index contributed by atoms with van der Waals surface area (Å²) in [4.78, 5) is 39.5. The van der Waals surface area contributed by atoms with Crippen LogP contribution >= 0.6 is 0 Å². The van der Waals surface area contributed by atoms with Gasteiger partial charge in [-0.3, -0.25) is 14.4 Å². The third-order valence-electron chi connectivity index (χ3n) is 5.92. The van der Waals surface area contributed by atoms with Crippen LogP contribution in [0.5, 0.6) is 0 Å². The first kappa shape index (κ1) is 21.7. The van der Waals surface area contributed by atoms with Gasteiger partial charge in [-0.15, -0.1) is 5.10 Å². The molecular weight excluding hydrogens is 410 g/mol. The molecule has 2 aromatic heterocycles. The number of carbonyl (C=O) groups excluding carboxylic acids is 2. The van der Waals surface area contributed by atoms with Crippen LogP contribution in [0.2, 0.25) is 0 Å². The predicted octanol–water partition coefficient (Wildman–Crippen LogP) is 2.15. The minimum absolute atomic E-state index is 0.0165. The molecule has 1 aliphatic rings. The van der Waals surface area contributed by atoms with Gasteiger partial charge in [0.15, 0.2) is 0 Å². The second-order valence-corrected chi connectivity index (χ2v) is 8.05. The predicted molar refractivity (Wildman–Crippen MR) is 118 cm³/mol. The number of hydrogen-bond donors (Lipinski definition) is 0. The number of aryl methyl sites for hydroxylation is 2. The number of esters is 1. The summed E-state index contributed by atoms with van der Waals surface area (Å²) in [6.45, 7) is 1.06. The molecule has 1 fully saturated rings. The molecular formula is C23H27N5O4. The third kappa shape index (κ3) is 4.71. The first-order chi connectivity index (χ1) is 15.5. The molecule has 0 aliphatic carbocycles. The first-order valence-corrected chi connectivity index (χ1v) is 10.9. The Hall–Kier alpha value is -3.49. The number of hydrogen-bond acceptors (Lipinski definition) is 6. The van der Waals surface area contributed by atoms with E-state index in [1.807, 2.05) is 34.8 Å². The molecule has 9 nitrogen and oxygen atoms in total. The minimum atomic E-state index is -0.400. The molecule has 1 unspecified atom stereocenters. The van der Waals surface area contributed by atoms with Gasteiger partial charge >= 0.3 is 5.97 Å². The topological polar surface area (TPSA) is 99.3 Å². The zero-order valence-corrected chi connectivity index (χ0v) is 18.1. The molecule has 3 aromatic rings.